The highest BCUT2D eigenvalue weighted by Crippen LogP contribution is 2.28. The Bertz CT molecular complexity index is 1570. The van der Waals surface area contributed by atoms with Crippen LogP contribution in [-0.4, -0.2) is 52.1 Å². The second kappa shape index (κ2) is 11.1. The zero-order valence-electron chi connectivity index (χ0n) is 21.1. The summed E-state index contributed by atoms with van der Waals surface area (Å²) in [5.41, 5.74) is 14.9. The van der Waals surface area contributed by atoms with Crippen LogP contribution in [0.4, 0.5) is 27.8 Å². The molecule has 39 heavy (non-hydrogen) atoms. The van der Waals surface area contributed by atoms with Gasteiger partial charge >= 0.3 is 0 Å². The van der Waals surface area contributed by atoms with E-state index in [1.807, 2.05) is 18.0 Å². The fourth-order valence-electron chi connectivity index (χ4n) is 3.96. The summed E-state index contributed by atoms with van der Waals surface area (Å²) in [5.74, 6) is -0.743. The van der Waals surface area contributed by atoms with Gasteiger partial charge in [-0.2, -0.15) is 4.37 Å². The van der Waals surface area contributed by atoms with Gasteiger partial charge in [0.25, 0.3) is 17.5 Å². The molecule has 1 aliphatic rings. The van der Waals surface area contributed by atoms with Gasteiger partial charge in [0.1, 0.15) is 5.00 Å². The lowest BCUT2D eigenvalue weighted by Crippen LogP contribution is -2.37. The highest BCUT2D eigenvalue weighted by Gasteiger charge is 2.34. The topological polar surface area (TPSA) is 178 Å². The number of carbonyl (C=O) groups is 3. The second-order valence-electron chi connectivity index (χ2n) is 8.69. The molecule has 0 spiro atoms. The van der Waals surface area contributed by atoms with Crippen LogP contribution in [0.3, 0.4) is 0 Å². The molecule has 0 saturated heterocycles. The maximum Gasteiger partial charge on any atom is 0.270 e. The number of hydrogen-bond donors (Lipinski definition) is 3. The Morgan fingerprint density at radius 1 is 1.08 bits per heavy atom. The van der Waals surface area contributed by atoms with Crippen LogP contribution >= 0.6 is 11.5 Å². The predicted octanol–water partition coefficient (Wildman–Crippen LogP) is 3.75. The molecule has 0 bridgehead atoms. The first-order valence-corrected chi connectivity index (χ1v) is 12.5. The second-order valence-corrected chi connectivity index (χ2v) is 9.49. The van der Waals surface area contributed by atoms with Gasteiger partial charge in [-0.05, 0) is 47.9 Å². The van der Waals surface area contributed by atoms with E-state index in [-0.39, 0.29) is 30.0 Å². The minimum atomic E-state index is -0.448. The van der Waals surface area contributed by atoms with E-state index < -0.39 is 4.92 Å². The molecule has 4 aromatic rings. The molecule has 0 atom stereocenters. The van der Waals surface area contributed by atoms with Gasteiger partial charge in [0.2, 0.25) is 5.91 Å². The van der Waals surface area contributed by atoms with Crippen LogP contribution in [0.25, 0.3) is 10.9 Å². The summed E-state index contributed by atoms with van der Waals surface area (Å²) < 4.78 is 4.01. The lowest BCUT2D eigenvalue weighted by Gasteiger charge is -2.23. The molecular formula is C26H25N7O5S. The zero-order valence-corrected chi connectivity index (χ0v) is 21.9. The van der Waals surface area contributed by atoms with Gasteiger partial charge in [-0.1, -0.05) is 12.1 Å². The van der Waals surface area contributed by atoms with Crippen molar-refractivity contribution in [3.05, 3.63) is 81.9 Å². The van der Waals surface area contributed by atoms with Gasteiger partial charge in [0.15, 0.2) is 0 Å². The fourth-order valence-corrected chi connectivity index (χ4v) is 4.58. The van der Waals surface area contributed by atoms with Crippen molar-refractivity contribution in [3.63, 3.8) is 0 Å². The predicted molar refractivity (Wildman–Crippen MR) is 151 cm³/mol. The SMILES string of the molecule is CC(=O)Nc1cc(N(C)CCN2C(=O)c3ccccc3C2=O)ccc1N.Nc1snc2ccc([N+](=O)[O-])cc12. The highest BCUT2D eigenvalue weighted by atomic mass is 32.1. The number of nitrogen functional groups attached to an aromatic ring is 2. The Kier molecular flexibility index (Phi) is 7.72. The maximum absolute atomic E-state index is 12.4. The number of nitro groups is 1. The molecule has 1 aromatic heterocycles. The average Bonchev–Trinajstić information content (AvgIpc) is 3.40. The molecule has 2 heterocycles. The normalized spacial score (nSPS) is 12.1. The number of hydrogen-bond acceptors (Lipinski definition) is 10. The van der Waals surface area contributed by atoms with Crippen molar-refractivity contribution in [1.29, 1.82) is 0 Å². The zero-order chi connectivity index (χ0) is 28.3. The summed E-state index contributed by atoms with van der Waals surface area (Å²) >= 11 is 1.14. The summed E-state index contributed by atoms with van der Waals surface area (Å²) in [6, 6.07) is 16.6. The van der Waals surface area contributed by atoms with Crippen LogP contribution in [0.15, 0.2) is 60.7 Å². The molecule has 5 rings (SSSR count). The number of nitrogens with one attached hydrogen (secondary N) is 1. The molecule has 1 aliphatic heterocycles. The number of nitrogens with zero attached hydrogens (tertiary/aromatic N) is 4. The molecule has 0 unspecified atom stereocenters. The summed E-state index contributed by atoms with van der Waals surface area (Å²) in [7, 11) is 1.85. The van der Waals surface area contributed by atoms with E-state index in [2.05, 4.69) is 9.69 Å². The first-order chi connectivity index (χ1) is 18.6. The largest absolute Gasteiger partial charge is 0.397 e. The van der Waals surface area contributed by atoms with Crippen molar-refractivity contribution in [2.75, 3.05) is 41.8 Å². The van der Waals surface area contributed by atoms with Crippen molar-refractivity contribution in [3.8, 4) is 0 Å². The molecule has 0 saturated carbocycles. The first kappa shape index (κ1) is 27.0. The first-order valence-electron chi connectivity index (χ1n) is 11.7. The highest BCUT2D eigenvalue weighted by molar-refractivity contribution is 7.11. The van der Waals surface area contributed by atoms with E-state index in [9.17, 15) is 24.5 Å². The van der Waals surface area contributed by atoms with Crippen LogP contribution < -0.4 is 21.7 Å². The van der Waals surface area contributed by atoms with Crippen molar-refractivity contribution >= 4 is 67.9 Å². The van der Waals surface area contributed by atoms with Gasteiger partial charge in [-0.15, -0.1) is 0 Å². The Balaban J connectivity index is 0.000000226. The van der Waals surface area contributed by atoms with E-state index >= 15 is 0 Å². The molecular weight excluding hydrogens is 522 g/mol. The van der Waals surface area contributed by atoms with E-state index in [1.54, 1.807) is 42.5 Å². The van der Waals surface area contributed by atoms with E-state index in [1.165, 1.54) is 24.0 Å². The smallest absolute Gasteiger partial charge is 0.270 e. The number of nitrogens with two attached hydrogens (primary N) is 2. The number of benzene rings is 3. The van der Waals surface area contributed by atoms with Crippen LogP contribution in [0.1, 0.15) is 27.6 Å². The standard InChI is InChI=1S/C19H20N4O3.C7H5N3O2S/c1-12(24)21-17-11-13(7-8-16(17)20)22(2)9-10-23-18(25)14-5-3-4-6-15(14)19(23)26;8-7-5-3-4(10(11)12)1-2-6(5)9-13-7/h3-8,11H,9-10,20H2,1-2H3,(H,21,24);1-3H,8H2. The minimum Gasteiger partial charge on any atom is -0.397 e. The number of rotatable bonds is 6. The lowest BCUT2D eigenvalue weighted by molar-refractivity contribution is -0.384. The van der Waals surface area contributed by atoms with Crippen LogP contribution in [-0.2, 0) is 4.79 Å². The molecule has 3 aromatic carbocycles. The molecule has 12 nitrogen and oxygen atoms in total. The van der Waals surface area contributed by atoms with Gasteiger partial charge in [0.05, 0.1) is 32.9 Å². The average molecular weight is 548 g/mol. The van der Waals surface area contributed by atoms with Gasteiger partial charge < -0.3 is 21.7 Å². The van der Waals surface area contributed by atoms with E-state index in [0.29, 0.717) is 45.0 Å². The number of non-ortho nitro benzene ring substituents is 1. The maximum atomic E-state index is 12.4. The van der Waals surface area contributed by atoms with Gasteiger partial charge in [0, 0.05) is 50.3 Å². The number of nitro benzene ring substituents is 1. The van der Waals surface area contributed by atoms with Crippen molar-refractivity contribution < 1.29 is 19.3 Å². The van der Waals surface area contributed by atoms with Crippen molar-refractivity contribution in [1.82, 2.24) is 9.27 Å². The van der Waals surface area contributed by atoms with Crippen LogP contribution in [0.2, 0.25) is 0 Å². The number of imide groups is 1. The Morgan fingerprint density at radius 2 is 1.74 bits per heavy atom. The molecule has 0 fully saturated rings. The third kappa shape index (κ3) is 5.78. The fraction of sp³-hybridized carbons (Fsp3) is 0.154. The van der Waals surface area contributed by atoms with Crippen molar-refractivity contribution in [2.24, 2.45) is 0 Å². The number of anilines is 4. The summed E-state index contributed by atoms with van der Waals surface area (Å²) in [6.07, 6.45) is 0. The molecule has 13 heteroatoms. The summed E-state index contributed by atoms with van der Waals surface area (Å²) in [6.45, 7) is 2.13. The molecule has 5 N–H and O–H groups in total. The van der Waals surface area contributed by atoms with E-state index in [0.717, 1.165) is 17.2 Å². The Hall–Kier alpha value is -5.04. The number of fused-ring (bicyclic) bond motifs is 2. The lowest BCUT2D eigenvalue weighted by atomic mass is 10.1. The van der Waals surface area contributed by atoms with Gasteiger partial charge in [-0.3, -0.25) is 29.4 Å². The van der Waals surface area contributed by atoms with Crippen LogP contribution in [0, 0.1) is 10.1 Å². The van der Waals surface area contributed by atoms with Crippen molar-refractivity contribution in [2.45, 2.75) is 6.92 Å². The van der Waals surface area contributed by atoms with E-state index in [4.69, 9.17) is 11.5 Å². The summed E-state index contributed by atoms with van der Waals surface area (Å²) in [4.78, 5) is 49.2. The number of aromatic nitrogens is 1. The Labute approximate surface area is 227 Å². The number of amides is 3. The Morgan fingerprint density at radius 3 is 2.36 bits per heavy atom. The minimum absolute atomic E-state index is 0.0411. The van der Waals surface area contributed by atoms with Gasteiger partial charge in [-0.25, -0.2) is 0 Å². The number of carbonyl (C=O) groups excluding carboxylic acids is 3. The number of likely N-dealkylation sites (N-methyl/N-ethyl adjacent to an activating group) is 1. The molecule has 0 aliphatic carbocycles. The third-order valence-electron chi connectivity index (χ3n) is 6.02. The quantitative estimate of drug-likeness (QED) is 0.140. The third-order valence-corrected chi connectivity index (χ3v) is 6.73. The van der Waals surface area contributed by atoms with Crippen LogP contribution in [0.5, 0.6) is 0 Å². The molecule has 0 radical (unpaired) electrons. The molecule has 3 amide bonds. The molecule has 200 valence electrons. The summed E-state index contributed by atoms with van der Waals surface area (Å²) in [5, 5.41) is 14.3. The monoisotopic (exact) mass is 547 g/mol.